The zero-order valence-corrected chi connectivity index (χ0v) is 15.8. The van der Waals surface area contributed by atoms with Gasteiger partial charge in [-0.05, 0) is 65.2 Å². The summed E-state index contributed by atoms with van der Waals surface area (Å²) in [7, 11) is 0. The van der Waals surface area contributed by atoms with Crippen LogP contribution >= 0.6 is 15.9 Å². The fourth-order valence-electron chi connectivity index (χ4n) is 2.69. The van der Waals surface area contributed by atoms with E-state index in [2.05, 4.69) is 21.2 Å². The molecule has 1 heterocycles. The van der Waals surface area contributed by atoms with Crippen molar-refractivity contribution in [3.05, 3.63) is 58.1 Å². The molecule has 144 valence electrons. The molecule has 2 aromatic carbocycles. The van der Waals surface area contributed by atoms with Crippen LogP contribution in [0.5, 0.6) is 5.75 Å². The quantitative estimate of drug-likeness (QED) is 0.683. The van der Waals surface area contributed by atoms with Gasteiger partial charge in [0.25, 0.3) is 5.91 Å². The second-order valence-corrected chi connectivity index (χ2v) is 6.98. The minimum Gasteiger partial charge on any atom is -0.490 e. The summed E-state index contributed by atoms with van der Waals surface area (Å²) in [6.45, 7) is 1.16. The first-order chi connectivity index (χ1) is 12.8. The summed E-state index contributed by atoms with van der Waals surface area (Å²) in [4.78, 5) is 12.3. The third-order valence-electron chi connectivity index (χ3n) is 4.09. The summed E-state index contributed by atoms with van der Waals surface area (Å²) in [6.07, 6.45) is -2.43. The molecule has 1 amide bonds. The lowest BCUT2D eigenvalue weighted by molar-refractivity contribution is -0.137. The number of hydrogen-bond acceptors (Lipinski definition) is 3. The first-order valence-electron chi connectivity index (χ1n) is 8.35. The molecule has 3 rings (SSSR count). The van der Waals surface area contributed by atoms with Crippen LogP contribution in [-0.2, 0) is 10.9 Å². The van der Waals surface area contributed by atoms with Gasteiger partial charge in [-0.25, -0.2) is 0 Å². The standard InChI is InChI=1S/C19H17BrF3NO3/c20-16-9-12(6-7-17(16)27-11-15-5-2-8-26-15)18(25)24-14-4-1-3-13(10-14)19(21,22)23/h1,3-4,6-7,9-10,15H,2,5,8,11H2,(H,24,25). The van der Waals surface area contributed by atoms with Gasteiger partial charge in [-0.3, -0.25) is 4.79 Å². The van der Waals surface area contributed by atoms with Crippen LogP contribution in [0.4, 0.5) is 18.9 Å². The highest BCUT2D eigenvalue weighted by Gasteiger charge is 2.30. The van der Waals surface area contributed by atoms with Gasteiger partial charge in [-0.1, -0.05) is 6.07 Å². The molecular weight excluding hydrogens is 427 g/mol. The van der Waals surface area contributed by atoms with Crippen molar-refractivity contribution in [2.75, 3.05) is 18.5 Å². The van der Waals surface area contributed by atoms with Crippen LogP contribution < -0.4 is 10.1 Å². The number of benzene rings is 2. The highest BCUT2D eigenvalue weighted by atomic mass is 79.9. The molecule has 0 aliphatic carbocycles. The molecule has 1 aliphatic heterocycles. The molecule has 1 fully saturated rings. The highest BCUT2D eigenvalue weighted by Crippen LogP contribution is 2.31. The molecule has 0 radical (unpaired) electrons. The van der Waals surface area contributed by atoms with E-state index in [1.165, 1.54) is 12.1 Å². The van der Waals surface area contributed by atoms with E-state index >= 15 is 0 Å². The molecule has 0 bridgehead atoms. The summed E-state index contributed by atoms with van der Waals surface area (Å²) < 4.78 is 50.1. The normalized spacial score (nSPS) is 17.0. The van der Waals surface area contributed by atoms with Gasteiger partial charge in [-0.2, -0.15) is 13.2 Å². The van der Waals surface area contributed by atoms with Crippen molar-refractivity contribution in [2.45, 2.75) is 25.1 Å². The zero-order chi connectivity index (χ0) is 19.4. The third-order valence-corrected chi connectivity index (χ3v) is 4.71. The molecule has 1 N–H and O–H groups in total. The molecule has 0 aromatic heterocycles. The Morgan fingerprint density at radius 2 is 2.07 bits per heavy atom. The van der Waals surface area contributed by atoms with Crippen molar-refractivity contribution >= 4 is 27.5 Å². The maximum absolute atomic E-state index is 12.8. The highest BCUT2D eigenvalue weighted by molar-refractivity contribution is 9.10. The maximum Gasteiger partial charge on any atom is 0.416 e. The molecule has 1 atom stereocenters. The summed E-state index contributed by atoms with van der Waals surface area (Å²) in [5.74, 6) is 0.0572. The van der Waals surface area contributed by atoms with Crippen molar-refractivity contribution in [3.63, 3.8) is 0 Å². The minimum absolute atomic E-state index is 0.0702. The predicted molar refractivity (Wildman–Crippen MR) is 98.0 cm³/mol. The Labute approximate surface area is 162 Å². The largest absolute Gasteiger partial charge is 0.490 e. The summed E-state index contributed by atoms with van der Waals surface area (Å²) in [5.41, 5.74) is -0.451. The van der Waals surface area contributed by atoms with Crippen LogP contribution in [-0.4, -0.2) is 25.2 Å². The van der Waals surface area contributed by atoms with Crippen LogP contribution in [0.15, 0.2) is 46.9 Å². The fourth-order valence-corrected chi connectivity index (χ4v) is 3.19. The topological polar surface area (TPSA) is 47.6 Å². The number of nitrogens with one attached hydrogen (secondary N) is 1. The summed E-state index contributed by atoms with van der Waals surface area (Å²) in [5, 5.41) is 2.47. The monoisotopic (exact) mass is 443 g/mol. The average Bonchev–Trinajstić information content (AvgIpc) is 3.13. The van der Waals surface area contributed by atoms with Crippen molar-refractivity contribution in [1.29, 1.82) is 0 Å². The number of anilines is 1. The zero-order valence-electron chi connectivity index (χ0n) is 14.2. The van der Waals surface area contributed by atoms with Crippen LogP contribution in [0.1, 0.15) is 28.8 Å². The Bertz CT molecular complexity index is 820. The fraction of sp³-hybridized carbons (Fsp3) is 0.316. The summed E-state index contributed by atoms with van der Waals surface area (Å²) >= 11 is 3.35. The molecule has 0 saturated carbocycles. The van der Waals surface area contributed by atoms with E-state index in [4.69, 9.17) is 9.47 Å². The van der Waals surface area contributed by atoms with Crippen molar-refractivity contribution in [1.82, 2.24) is 0 Å². The Hall–Kier alpha value is -2.06. The minimum atomic E-state index is -4.47. The molecule has 8 heteroatoms. The van der Waals surface area contributed by atoms with Gasteiger partial charge in [0, 0.05) is 17.9 Å². The van der Waals surface area contributed by atoms with Crippen LogP contribution in [0.25, 0.3) is 0 Å². The van der Waals surface area contributed by atoms with Gasteiger partial charge in [0.1, 0.15) is 12.4 Å². The number of halogens is 4. The van der Waals surface area contributed by atoms with E-state index in [1.54, 1.807) is 18.2 Å². The first-order valence-corrected chi connectivity index (χ1v) is 9.15. The van der Waals surface area contributed by atoms with Gasteiger partial charge in [0.05, 0.1) is 16.1 Å². The second kappa shape index (κ2) is 8.31. The SMILES string of the molecule is O=C(Nc1cccc(C(F)(F)F)c1)c1ccc(OCC2CCCO2)c(Br)c1. The van der Waals surface area contributed by atoms with Gasteiger partial charge in [-0.15, -0.1) is 0 Å². The lowest BCUT2D eigenvalue weighted by atomic mass is 10.1. The second-order valence-electron chi connectivity index (χ2n) is 6.12. The van der Waals surface area contributed by atoms with E-state index in [1.807, 2.05) is 0 Å². The molecule has 27 heavy (non-hydrogen) atoms. The number of hydrogen-bond donors (Lipinski definition) is 1. The Morgan fingerprint density at radius 1 is 1.26 bits per heavy atom. The third kappa shape index (κ3) is 5.23. The van der Waals surface area contributed by atoms with E-state index in [-0.39, 0.29) is 11.8 Å². The number of amides is 1. The van der Waals surface area contributed by atoms with Crippen LogP contribution in [0.2, 0.25) is 0 Å². The summed E-state index contributed by atoms with van der Waals surface area (Å²) in [6, 6.07) is 9.25. The first kappa shape index (κ1) is 19.7. The van der Waals surface area contributed by atoms with E-state index in [0.29, 0.717) is 22.4 Å². The van der Waals surface area contributed by atoms with Crippen LogP contribution in [0, 0.1) is 0 Å². The molecule has 1 aliphatic rings. The van der Waals surface area contributed by atoms with Gasteiger partial charge in [0.15, 0.2) is 0 Å². The Morgan fingerprint density at radius 3 is 2.74 bits per heavy atom. The molecule has 1 unspecified atom stereocenters. The van der Waals surface area contributed by atoms with Crippen LogP contribution in [0.3, 0.4) is 0 Å². The predicted octanol–water partition coefficient (Wildman–Crippen LogP) is 5.28. The lowest BCUT2D eigenvalue weighted by Gasteiger charge is -2.14. The number of carbonyl (C=O) groups excluding carboxylic acids is 1. The molecule has 4 nitrogen and oxygen atoms in total. The maximum atomic E-state index is 12.8. The average molecular weight is 444 g/mol. The smallest absolute Gasteiger partial charge is 0.416 e. The Kier molecular flexibility index (Phi) is 6.06. The van der Waals surface area contributed by atoms with Crippen molar-refractivity contribution in [3.8, 4) is 5.75 Å². The van der Waals surface area contributed by atoms with E-state index in [9.17, 15) is 18.0 Å². The van der Waals surface area contributed by atoms with Gasteiger partial charge >= 0.3 is 6.18 Å². The Balaban J connectivity index is 1.65. The molecular formula is C19H17BrF3NO3. The number of ether oxygens (including phenoxy) is 2. The number of alkyl halides is 3. The van der Waals surface area contributed by atoms with Gasteiger partial charge < -0.3 is 14.8 Å². The van der Waals surface area contributed by atoms with Crippen molar-refractivity contribution in [2.24, 2.45) is 0 Å². The van der Waals surface area contributed by atoms with E-state index < -0.39 is 17.6 Å². The van der Waals surface area contributed by atoms with Gasteiger partial charge in [0.2, 0.25) is 0 Å². The molecule has 0 spiro atoms. The number of carbonyl (C=O) groups is 1. The number of rotatable bonds is 5. The molecule has 2 aromatic rings. The van der Waals surface area contributed by atoms with E-state index in [0.717, 1.165) is 31.6 Å². The van der Waals surface area contributed by atoms with Crippen molar-refractivity contribution < 1.29 is 27.4 Å². The lowest BCUT2D eigenvalue weighted by Crippen LogP contribution is -2.17. The molecule has 1 saturated heterocycles.